The lowest BCUT2D eigenvalue weighted by Crippen LogP contribution is -2.30. The molecule has 3 aromatic carbocycles. The van der Waals surface area contributed by atoms with Gasteiger partial charge in [-0.25, -0.2) is 0 Å². The predicted molar refractivity (Wildman–Crippen MR) is 127 cm³/mol. The van der Waals surface area contributed by atoms with E-state index in [9.17, 15) is 9.59 Å². The molecule has 0 aliphatic heterocycles. The molecule has 0 aliphatic rings. The number of amides is 2. The molecule has 1 unspecified atom stereocenters. The molecular formula is C25H25ClN2O4. The first-order chi connectivity index (χ1) is 15.4. The van der Waals surface area contributed by atoms with Crippen LogP contribution in [0.1, 0.15) is 19.4 Å². The molecular weight excluding hydrogens is 428 g/mol. The lowest BCUT2D eigenvalue weighted by atomic mass is 10.2. The fraction of sp³-hybridized carbons (Fsp3) is 0.200. The van der Waals surface area contributed by atoms with Gasteiger partial charge in [0.05, 0.1) is 5.02 Å². The minimum absolute atomic E-state index is 0.0964. The maximum absolute atomic E-state index is 12.4. The van der Waals surface area contributed by atoms with Crippen LogP contribution in [-0.4, -0.2) is 24.5 Å². The highest BCUT2D eigenvalue weighted by atomic mass is 35.5. The molecule has 0 heterocycles. The van der Waals surface area contributed by atoms with Crippen molar-refractivity contribution in [3.05, 3.63) is 83.4 Å². The van der Waals surface area contributed by atoms with Crippen molar-refractivity contribution in [2.45, 2.75) is 26.4 Å². The summed E-state index contributed by atoms with van der Waals surface area (Å²) in [6.07, 6.45) is 0.211. The van der Waals surface area contributed by atoms with Crippen molar-refractivity contribution >= 4 is 34.8 Å². The van der Waals surface area contributed by atoms with Gasteiger partial charge in [0, 0.05) is 11.4 Å². The first-order valence-corrected chi connectivity index (χ1v) is 10.7. The lowest BCUT2D eigenvalue weighted by Gasteiger charge is -2.15. The normalized spacial score (nSPS) is 11.3. The minimum atomic E-state index is -0.738. The molecule has 0 aromatic heterocycles. The van der Waals surface area contributed by atoms with Gasteiger partial charge in [-0.15, -0.1) is 0 Å². The van der Waals surface area contributed by atoms with Crippen LogP contribution < -0.4 is 20.1 Å². The predicted octanol–water partition coefficient (Wildman–Crippen LogP) is 5.33. The number of anilines is 2. The molecule has 0 bridgehead atoms. The first kappa shape index (κ1) is 23.2. The van der Waals surface area contributed by atoms with E-state index in [1.165, 1.54) is 5.56 Å². The number of para-hydroxylation sites is 1. The largest absolute Gasteiger partial charge is 0.484 e. The molecule has 0 fully saturated rings. The monoisotopic (exact) mass is 452 g/mol. The van der Waals surface area contributed by atoms with Gasteiger partial charge in [0.1, 0.15) is 11.5 Å². The van der Waals surface area contributed by atoms with Gasteiger partial charge >= 0.3 is 0 Å². The van der Waals surface area contributed by atoms with E-state index >= 15 is 0 Å². The number of nitrogens with one attached hydrogen (secondary N) is 2. The van der Waals surface area contributed by atoms with Crippen LogP contribution in [-0.2, 0) is 16.0 Å². The summed E-state index contributed by atoms with van der Waals surface area (Å²) in [6.45, 7) is 3.62. The summed E-state index contributed by atoms with van der Waals surface area (Å²) in [4.78, 5) is 24.5. The van der Waals surface area contributed by atoms with E-state index in [4.69, 9.17) is 21.1 Å². The number of aryl methyl sites for hydroxylation is 1. The second-order valence-electron chi connectivity index (χ2n) is 7.09. The molecule has 0 radical (unpaired) electrons. The third kappa shape index (κ3) is 6.75. The van der Waals surface area contributed by atoms with Crippen molar-refractivity contribution in [2.24, 2.45) is 0 Å². The molecule has 3 rings (SSSR count). The molecule has 32 heavy (non-hydrogen) atoms. The SMILES string of the molecule is CCc1ccc(OCC(=O)Nc2ccc(NC(=O)C(C)Oc3ccccc3Cl)cc2)cc1. The molecule has 166 valence electrons. The summed E-state index contributed by atoms with van der Waals surface area (Å²) < 4.78 is 11.1. The highest BCUT2D eigenvalue weighted by Crippen LogP contribution is 2.24. The molecule has 0 saturated carbocycles. The Morgan fingerprint density at radius 1 is 0.906 bits per heavy atom. The third-order valence-corrected chi connectivity index (χ3v) is 4.96. The number of carbonyl (C=O) groups is 2. The zero-order valence-corrected chi connectivity index (χ0v) is 18.7. The first-order valence-electron chi connectivity index (χ1n) is 10.3. The fourth-order valence-electron chi connectivity index (χ4n) is 2.83. The summed E-state index contributed by atoms with van der Waals surface area (Å²) >= 11 is 6.06. The van der Waals surface area contributed by atoms with Crippen LogP contribution in [0.25, 0.3) is 0 Å². The Hall–Kier alpha value is -3.51. The molecule has 0 saturated heterocycles. The smallest absolute Gasteiger partial charge is 0.265 e. The second kappa shape index (κ2) is 11.2. The average molecular weight is 453 g/mol. The highest BCUT2D eigenvalue weighted by molar-refractivity contribution is 6.32. The number of carbonyl (C=O) groups excluding carboxylic acids is 2. The number of benzene rings is 3. The average Bonchev–Trinajstić information content (AvgIpc) is 2.80. The number of ether oxygens (including phenoxy) is 2. The molecule has 3 aromatic rings. The van der Waals surface area contributed by atoms with Crippen LogP contribution in [0.2, 0.25) is 5.02 Å². The minimum Gasteiger partial charge on any atom is -0.484 e. The van der Waals surface area contributed by atoms with E-state index in [0.29, 0.717) is 27.9 Å². The maximum atomic E-state index is 12.4. The third-order valence-electron chi connectivity index (χ3n) is 4.65. The summed E-state index contributed by atoms with van der Waals surface area (Å²) in [7, 11) is 0. The summed E-state index contributed by atoms with van der Waals surface area (Å²) in [5.41, 5.74) is 2.38. The second-order valence-corrected chi connectivity index (χ2v) is 7.50. The molecule has 1 atom stereocenters. The van der Waals surface area contributed by atoms with Gasteiger partial charge in [-0.05, 0) is 67.4 Å². The highest BCUT2D eigenvalue weighted by Gasteiger charge is 2.16. The Balaban J connectivity index is 1.46. The Bertz CT molecular complexity index is 1050. The number of hydrogen-bond donors (Lipinski definition) is 2. The van der Waals surface area contributed by atoms with Crippen molar-refractivity contribution in [3.63, 3.8) is 0 Å². The van der Waals surface area contributed by atoms with E-state index in [1.807, 2.05) is 24.3 Å². The summed E-state index contributed by atoms with van der Waals surface area (Å²) in [5.74, 6) is 0.495. The van der Waals surface area contributed by atoms with Gasteiger partial charge in [-0.1, -0.05) is 42.8 Å². The van der Waals surface area contributed by atoms with Gasteiger partial charge in [-0.3, -0.25) is 9.59 Å². The van der Waals surface area contributed by atoms with Gasteiger partial charge in [0.25, 0.3) is 11.8 Å². The molecule has 0 aliphatic carbocycles. The zero-order chi connectivity index (χ0) is 22.9. The van der Waals surface area contributed by atoms with Crippen LogP contribution in [0.5, 0.6) is 11.5 Å². The lowest BCUT2D eigenvalue weighted by molar-refractivity contribution is -0.122. The van der Waals surface area contributed by atoms with Crippen molar-refractivity contribution in [1.29, 1.82) is 0 Å². The summed E-state index contributed by atoms with van der Waals surface area (Å²) in [5, 5.41) is 5.97. The number of hydrogen-bond acceptors (Lipinski definition) is 4. The van der Waals surface area contributed by atoms with E-state index in [-0.39, 0.29) is 18.4 Å². The van der Waals surface area contributed by atoms with Gasteiger partial charge in [0.15, 0.2) is 12.7 Å². The molecule has 6 nitrogen and oxygen atoms in total. The standard InChI is InChI=1S/C25H25ClN2O4/c1-3-18-8-14-21(15-9-18)31-16-24(29)27-19-10-12-20(13-11-19)28-25(30)17(2)32-23-7-5-4-6-22(23)26/h4-15,17H,3,16H2,1-2H3,(H,27,29)(H,28,30). The molecule has 2 N–H and O–H groups in total. The van der Waals surface area contributed by atoms with Crippen molar-refractivity contribution in [2.75, 3.05) is 17.2 Å². The Kier molecular flexibility index (Phi) is 8.11. The maximum Gasteiger partial charge on any atom is 0.265 e. The molecule has 2 amide bonds. The van der Waals surface area contributed by atoms with E-state index in [2.05, 4.69) is 17.6 Å². The Labute approximate surface area is 192 Å². The zero-order valence-electron chi connectivity index (χ0n) is 17.9. The van der Waals surface area contributed by atoms with E-state index in [0.717, 1.165) is 6.42 Å². The number of rotatable bonds is 9. The van der Waals surface area contributed by atoms with Crippen LogP contribution >= 0.6 is 11.6 Å². The van der Waals surface area contributed by atoms with Gasteiger partial charge in [-0.2, -0.15) is 0 Å². The van der Waals surface area contributed by atoms with Crippen molar-refractivity contribution in [1.82, 2.24) is 0 Å². The molecule has 0 spiro atoms. The topological polar surface area (TPSA) is 76.7 Å². The summed E-state index contributed by atoms with van der Waals surface area (Å²) in [6, 6.07) is 21.4. The van der Waals surface area contributed by atoms with E-state index < -0.39 is 6.10 Å². The van der Waals surface area contributed by atoms with Gasteiger partial charge < -0.3 is 20.1 Å². The molecule has 7 heteroatoms. The number of halogens is 1. The van der Waals surface area contributed by atoms with Gasteiger partial charge in [0.2, 0.25) is 0 Å². The van der Waals surface area contributed by atoms with E-state index in [1.54, 1.807) is 55.5 Å². The van der Waals surface area contributed by atoms with Crippen molar-refractivity contribution in [3.8, 4) is 11.5 Å². The Morgan fingerprint density at radius 3 is 2.16 bits per heavy atom. The van der Waals surface area contributed by atoms with Crippen LogP contribution in [0.3, 0.4) is 0 Å². The fourth-order valence-corrected chi connectivity index (χ4v) is 3.01. The van der Waals surface area contributed by atoms with Crippen LogP contribution in [0.15, 0.2) is 72.8 Å². The van der Waals surface area contributed by atoms with Crippen LogP contribution in [0, 0.1) is 0 Å². The Morgan fingerprint density at radius 2 is 1.53 bits per heavy atom. The van der Waals surface area contributed by atoms with Crippen molar-refractivity contribution < 1.29 is 19.1 Å². The quantitative estimate of drug-likeness (QED) is 0.460. The van der Waals surface area contributed by atoms with Crippen LogP contribution in [0.4, 0.5) is 11.4 Å².